The fraction of sp³-hybridized carbons (Fsp3) is 0.103. The zero-order chi connectivity index (χ0) is 38.5. The molecule has 0 unspecified atom stereocenters. The molecule has 0 radical (unpaired) electrons. The van der Waals surface area contributed by atoms with Crippen LogP contribution < -0.4 is 10.4 Å². The Hall–Kier alpha value is -6.76. The molecule has 0 atom stereocenters. The Morgan fingerprint density at radius 3 is 0.966 bits per heavy atom. The Morgan fingerprint density at radius 1 is 0.310 bits per heavy atom. The Labute approximate surface area is 340 Å². The van der Waals surface area contributed by atoms with Crippen molar-refractivity contribution >= 4 is 79.5 Å². The van der Waals surface area contributed by atoms with Crippen molar-refractivity contribution in [2.45, 2.75) is 37.5 Å². The molecule has 58 heavy (non-hydrogen) atoms. The van der Waals surface area contributed by atoms with Gasteiger partial charge < -0.3 is 0 Å². The van der Waals surface area contributed by atoms with Gasteiger partial charge in [-0.2, -0.15) is 0 Å². The van der Waals surface area contributed by atoms with E-state index >= 15 is 0 Å². The molecule has 1 aliphatic carbocycles. The van der Waals surface area contributed by atoms with E-state index in [4.69, 9.17) is 0 Å². The lowest BCUT2D eigenvalue weighted by atomic mass is 9.65. The first kappa shape index (κ1) is 34.5. The van der Waals surface area contributed by atoms with E-state index in [1.807, 2.05) is 0 Å². The van der Waals surface area contributed by atoms with Crippen LogP contribution in [0.4, 0.5) is 0 Å². The van der Waals surface area contributed by atoms with E-state index in [9.17, 15) is 0 Å². The summed E-state index contributed by atoms with van der Waals surface area (Å²) in [5, 5.41) is 13.6. The summed E-state index contributed by atoms with van der Waals surface area (Å²) in [5.41, 5.74) is 10.3. The van der Waals surface area contributed by atoms with Gasteiger partial charge >= 0.3 is 0 Å². The summed E-state index contributed by atoms with van der Waals surface area (Å²) in [5.74, 6) is 0. The van der Waals surface area contributed by atoms with Gasteiger partial charge in [-0.15, -0.1) is 0 Å². The van der Waals surface area contributed by atoms with Crippen LogP contribution in [-0.2, 0) is 5.41 Å². The Balaban J connectivity index is 0.773. The molecule has 0 heteroatoms. The quantitative estimate of drug-likeness (QED) is 0.136. The first-order chi connectivity index (χ1) is 28.7. The molecule has 1 aliphatic rings. The topological polar surface area (TPSA) is 0 Å². The molecule has 0 aliphatic heterocycles. The molecule has 0 nitrogen and oxygen atoms in total. The van der Waals surface area contributed by atoms with Gasteiger partial charge in [-0.05, 0) is 123 Å². The van der Waals surface area contributed by atoms with Gasteiger partial charge in [0, 0.05) is 5.41 Å². The van der Waals surface area contributed by atoms with E-state index < -0.39 is 0 Å². The van der Waals surface area contributed by atoms with Crippen LogP contribution in [0.25, 0.3) is 79.5 Å². The maximum absolute atomic E-state index is 2.38. The maximum atomic E-state index is 2.38. The molecular weight excluding hydrogens is 697 g/mol. The van der Waals surface area contributed by atoms with Gasteiger partial charge in [-0.1, -0.05) is 213 Å². The molecule has 0 aromatic heterocycles. The normalized spacial score (nSPS) is 14.6. The third-order valence-electron chi connectivity index (χ3n) is 13.0. The van der Waals surface area contributed by atoms with E-state index in [-0.39, 0.29) is 5.41 Å². The standard InChI is InChI=1S/C58H44/c1-2-36-58(37-3-1,48-32-28-42(29-33-48)18-16-40-20-24-44(25-21-40)38-54-50-12-4-8-46-9-5-13-51(54)56(46)50)49-34-30-43(31-35-49)19-17-41-22-26-45(27-23-41)39-55-52-14-6-10-47-11-7-15-53(55)57(47)52/h4-35,38-39H,1-3,36-37H2/b18-16-,19-17-. The number of hydrogen-bond donors (Lipinski definition) is 0. The second kappa shape index (κ2) is 14.3. The van der Waals surface area contributed by atoms with Crippen molar-refractivity contribution in [1.82, 2.24) is 0 Å². The number of benzene rings is 8. The monoisotopic (exact) mass is 740 g/mol. The summed E-state index contributed by atoms with van der Waals surface area (Å²) < 4.78 is 0. The second-order valence-electron chi connectivity index (χ2n) is 16.4. The minimum absolute atomic E-state index is 0.0659. The highest BCUT2D eigenvalue weighted by Gasteiger charge is 2.35. The summed E-state index contributed by atoms with van der Waals surface area (Å²) in [6, 6.07) is 63.0. The predicted molar refractivity (Wildman–Crippen MR) is 250 cm³/mol. The summed E-state index contributed by atoms with van der Waals surface area (Å²) in [6.45, 7) is 0. The minimum atomic E-state index is 0.0659. The lowest BCUT2D eigenvalue weighted by molar-refractivity contribution is 0.346. The molecule has 0 N–H and O–H groups in total. The Kier molecular flexibility index (Phi) is 8.51. The maximum Gasteiger partial charge on any atom is 0.0202 e. The van der Waals surface area contributed by atoms with Gasteiger partial charge in [0.2, 0.25) is 0 Å². The zero-order valence-electron chi connectivity index (χ0n) is 32.7. The van der Waals surface area contributed by atoms with Gasteiger partial charge in [0.15, 0.2) is 0 Å². The Morgan fingerprint density at radius 2 is 0.621 bits per heavy atom. The molecule has 0 amide bonds. The molecule has 11 rings (SSSR count). The minimum Gasteiger partial charge on any atom is -0.0610 e. The fourth-order valence-electron chi connectivity index (χ4n) is 9.91. The van der Waals surface area contributed by atoms with Crippen molar-refractivity contribution in [3.05, 3.63) is 225 Å². The van der Waals surface area contributed by atoms with Crippen LogP contribution >= 0.6 is 0 Å². The largest absolute Gasteiger partial charge is 0.0610 e. The van der Waals surface area contributed by atoms with E-state index in [0.717, 1.165) is 0 Å². The number of hydrogen-bond acceptors (Lipinski definition) is 0. The highest BCUT2D eigenvalue weighted by molar-refractivity contribution is 6.18. The van der Waals surface area contributed by atoms with Crippen LogP contribution in [0.1, 0.15) is 76.6 Å². The second-order valence-corrected chi connectivity index (χ2v) is 16.4. The van der Waals surface area contributed by atoms with E-state index in [0.29, 0.717) is 0 Å². The average molecular weight is 741 g/mol. The van der Waals surface area contributed by atoms with Gasteiger partial charge in [0.25, 0.3) is 0 Å². The lowest BCUT2D eigenvalue weighted by Gasteiger charge is -2.39. The van der Waals surface area contributed by atoms with Crippen molar-refractivity contribution in [3.63, 3.8) is 0 Å². The molecule has 0 heterocycles. The first-order valence-electron chi connectivity index (χ1n) is 20.9. The highest BCUT2D eigenvalue weighted by Crippen LogP contribution is 2.45. The fourth-order valence-corrected chi connectivity index (χ4v) is 9.91. The molecule has 1 saturated carbocycles. The molecule has 1 fully saturated rings. The van der Waals surface area contributed by atoms with E-state index in [2.05, 4.69) is 206 Å². The van der Waals surface area contributed by atoms with Crippen LogP contribution in [0.15, 0.2) is 170 Å². The molecule has 10 aromatic carbocycles. The highest BCUT2D eigenvalue weighted by atomic mass is 14.4. The summed E-state index contributed by atoms with van der Waals surface area (Å²) in [4.78, 5) is 0. The van der Waals surface area contributed by atoms with Gasteiger partial charge in [0.05, 0.1) is 0 Å². The summed E-state index contributed by atoms with van der Waals surface area (Å²) >= 11 is 0. The van der Waals surface area contributed by atoms with Crippen LogP contribution in [0.3, 0.4) is 0 Å². The predicted octanol–water partition coefficient (Wildman–Crippen LogP) is 13.9. The van der Waals surface area contributed by atoms with E-state index in [1.165, 1.54) is 130 Å². The first-order valence-corrected chi connectivity index (χ1v) is 20.9. The lowest BCUT2D eigenvalue weighted by Crippen LogP contribution is -2.30. The van der Waals surface area contributed by atoms with Crippen LogP contribution in [0, 0.1) is 0 Å². The molecule has 0 bridgehead atoms. The molecule has 0 spiro atoms. The van der Waals surface area contributed by atoms with E-state index in [1.54, 1.807) is 0 Å². The van der Waals surface area contributed by atoms with Crippen molar-refractivity contribution in [2.24, 2.45) is 0 Å². The number of rotatable bonds is 8. The smallest absolute Gasteiger partial charge is 0.0202 e. The van der Waals surface area contributed by atoms with Gasteiger partial charge in [-0.25, -0.2) is 0 Å². The molecule has 276 valence electrons. The molecular formula is C58H44. The van der Waals surface area contributed by atoms with Crippen molar-refractivity contribution in [1.29, 1.82) is 0 Å². The third-order valence-corrected chi connectivity index (χ3v) is 13.0. The summed E-state index contributed by atoms with van der Waals surface area (Å²) in [7, 11) is 0. The Bertz CT molecular complexity index is 2880. The zero-order valence-corrected chi connectivity index (χ0v) is 32.7. The molecule has 0 saturated heterocycles. The van der Waals surface area contributed by atoms with Gasteiger partial charge in [0.1, 0.15) is 0 Å². The van der Waals surface area contributed by atoms with Crippen LogP contribution in [-0.4, -0.2) is 0 Å². The van der Waals surface area contributed by atoms with Gasteiger partial charge in [-0.3, -0.25) is 0 Å². The van der Waals surface area contributed by atoms with Crippen LogP contribution in [0.5, 0.6) is 0 Å². The third kappa shape index (κ3) is 6.08. The van der Waals surface area contributed by atoms with Crippen molar-refractivity contribution < 1.29 is 0 Å². The SMILES string of the molecule is C(c1ccc(/C=C\c2ccc(C3(c4ccc(/C=C\c5ccc(C=c6c7cccc8cccc6c87)cc5)cc4)CCCCC3)cc2)cc1)=c1c2cccc3cccc1c32. The molecule has 10 aromatic rings. The van der Waals surface area contributed by atoms with Crippen molar-refractivity contribution in [2.75, 3.05) is 0 Å². The van der Waals surface area contributed by atoms with Crippen molar-refractivity contribution in [3.8, 4) is 0 Å². The average Bonchev–Trinajstić information content (AvgIpc) is 3.29. The summed E-state index contributed by atoms with van der Waals surface area (Å²) in [6.07, 6.45) is 19.9. The van der Waals surface area contributed by atoms with Crippen LogP contribution in [0.2, 0.25) is 0 Å².